The first kappa shape index (κ1) is 25.3. The van der Waals surface area contributed by atoms with Crippen LogP contribution in [0.2, 0.25) is 0 Å². The Labute approximate surface area is 201 Å². The van der Waals surface area contributed by atoms with E-state index in [1.807, 2.05) is 49.4 Å². The van der Waals surface area contributed by atoms with Crippen molar-refractivity contribution in [2.75, 3.05) is 37.8 Å². The van der Waals surface area contributed by atoms with Gasteiger partial charge in [-0.2, -0.15) is 5.26 Å². The summed E-state index contributed by atoms with van der Waals surface area (Å²) < 4.78 is 11.1. The van der Waals surface area contributed by atoms with Crippen LogP contribution < -0.4 is 15.0 Å². The zero-order valence-electron chi connectivity index (χ0n) is 19.8. The molecule has 34 heavy (non-hydrogen) atoms. The number of hydrogen-bond acceptors (Lipinski definition) is 5. The maximum absolute atomic E-state index is 12.8. The molecule has 0 spiro atoms. The first-order valence-electron chi connectivity index (χ1n) is 11.9. The Morgan fingerprint density at radius 3 is 2.44 bits per heavy atom. The van der Waals surface area contributed by atoms with Gasteiger partial charge in [0.15, 0.2) is 0 Å². The Bertz CT molecular complexity index is 964. The summed E-state index contributed by atoms with van der Waals surface area (Å²) in [7, 11) is 0. The van der Waals surface area contributed by atoms with Gasteiger partial charge < -0.3 is 19.7 Å². The minimum absolute atomic E-state index is 0.0886. The van der Waals surface area contributed by atoms with Crippen molar-refractivity contribution in [2.45, 2.75) is 44.4 Å². The number of nitrogens with zero attached hydrogens (tertiary/aromatic N) is 2. The molecule has 0 bridgehead atoms. The minimum atomic E-state index is -0.203. The standard InChI is InChI=1S/C27H33N3O4/c1-2-34-24-11-9-22(10-12-24)27(15-19-33-20-16-27)21-29-25(31)13-14-26(32)30(18-6-17-28)23-7-4-3-5-8-23/h3-5,7-12H,2,6,13-16,18-21H2,1H3,(H,29,31). The Kier molecular flexibility index (Phi) is 9.48. The van der Waals surface area contributed by atoms with Crippen molar-refractivity contribution >= 4 is 17.5 Å². The van der Waals surface area contributed by atoms with Crippen molar-refractivity contribution in [3.05, 3.63) is 60.2 Å². The van der Waals surface area contributed by atoms with Crippen LogP contribution in [-0.2, 0) is 19.7 Å². The molecule has 3 rings (SSSR count). The van der Waals surface area contributed by atoms with Crippen molar-refractivity contribution < 1.29 is 19.1 Å². The van der Waals surface area contributed by atoms with E-state index in [-0.39, 0.29) is 36.5 Å². The second kappa shape index (κ2) is 12.8. The van der Waals surface area contributed by atoms with Crippen LogP contribution in [0.4, 0.5) is 5.69 Å². The lowest BCUT2D eigenvalue weighted by Gasteiger charge is -2.38. The summed E-state index contributed by atoms with van der Waals surface area (Å²) >= 11 is 0. The topological polar surface area (TPSA) is 91.7 Å². The lowest BCUT2D eigenvalue weighted by Crippen LogP contribution is -2.44. The minimum Gasteiger partial charge on any atom is -0.494 e. The van der Waals surface area contributed by atoms with Crippen LogP contribution in [0.1, 0.15) is 44.6 Å². The molecule has 1 saturated heterocycles. The number of rotatable bonds is 11. The number of carbonyl (C=O) groups excluding carboxylic acids is 2. The molecule has 0 aliphatic carbocycles. The van der Waals surface area contributed by atoms with E-state index in [1.54, 1.807) is 4.90 Å². The molecule has 0 unspecified atom stereocenters. The van der Waals surface area contributed by atoms with Gasteiger partial charge in [0.1, 0.15) is 5.75 Å². The quantitative estimate of drug-likeness (QED) is 0.544. The van der Waals surface area contributed by atoms with Crippen molar-refractivity contribution in [1.82, 2.24) is 5.32 Å². The average Bonchev–Trinajstić information content (AvgIpc) is 2.88. The highest BCUT2D eigenvalue weighted by molar-refractivity contribution is 5.95. The van der Waals surface area contributed by atoms with Gasteiger partial charge in [-0.25, -0.2) is 0 Å². The van der Waals surface area contributed by atoms with Crippen molar-refractivity contribution in [1.29, 1.82) is 5.26 Å². The number of nitrogens with one attached hydrogen (secondary N) is 1. The lowest BCUT2D eigenvalue weighted by atomic mass is 9.74. The fourth-order valence-corrected chi connectivity index (χ4v) is 4.28. The van der Waals surface area contributed by atoms with Gasteiger partial charge in [-0.15, -0.1) is 0 Å². The number of hydrogen-bond donors (Lipinski definition) is 1. The number of benzene rings is 2. The van der Waals surface area contributed by atoms with E-state index in [9.17, 15) is 9.59 Å². The summed E-state index contributed by atoms with van der Waals surface area (Å²) in [6, 6.07) is 19.4. The molecule has 0 atom stereocenters. The molecular formula is C27H33N3O4. The molecular weight excluding hydrogens is 430 g/mol. The van der Waals surface area contributed by atoms with Crippen LogP contribution in [0, 0.1) is 11.3 Å². The monoisotopic (exact) mass is 463 g/mol. The zero-order valence-corrected chi connectivity index (χ0v) is 19.8. The Morgan fingerprint density at radius 1 is 1.09 bits per heavy atom. The van der Waals surface area contributed by atoms with Crippen LogP contribution >= 0.6 is 0 Å². The van der Waals surface area contributed by atoms with Gasteiger partial charge in [-0.3, -0.25) is 9.59 Å². The van der Waals surface area contributed by atoms with Crippen LogP contribution in [0.25, 0.3) is 0 Å². The number of para-hydroxylation sites is 1. The number of carbonyl (C=O) groups is 2. The van der Waals surface area contributed by atoms with E-state index >= 15 is 0 Å². The Morgan fingerprint density at radius 2 is 1.79 bits per heavy atom. The molecule has 7 nitrogen and oxygen atoms in total. The Hall–Kier alpha value is -3.37. The molecule has 1 aliphatic rings. The van der Waals surface area contributed by atoms with E-state index in [4.69, 9.17) is 14.7 Å². The average molecular weight is 464 g/mol. The highest BCUT2D eigenvalue weighted by Crippen LogP contribution is 2.35. The summed E-state index contributed by atoms with van der Waals surface area (Å²) in [6.45, 7) is 4.66. The summed E-state index contributed by atoms with van der Waals surface area (Å²) in [6.07, 6.45) is 2.06. The van der Waals surface area contributed by atoms with E-state index in [2.05, 4.69) is 23.5 Å². The van der Waals surface area contributed by atoms with Gasteiger partial charge in [0, 0.05) is 50.2 Å². The number of ether oxygens (including phenoxy) is 2. The smallest absolute Gasteiger partial charge is 0.227 e. The summed E-state index contributed by atoms with van der Waals surface area (Å²) in [5.41, 5.74) is 1.69. The van der Waals surface area contributed by atoms with Crippen molar-refractivity contribution in [2.24, 2.45) is 0 Å². The van der Waals surface area contributed by atoms with Gasteiger partial charge in [0.2, 0.25) is 11.8 Å². The van der Waals surface area contributed by atoms with E-state index in [0.717, 1.165) is 29.8 Å². The maximum Gasteiger partial charge on any atom is 0.227 e. The Balaban J connectivity index is 1.59. The molecule has 0 aromatic heterocycles. The molecule has 1 aliphatic heterocycles. The third-order valence-electron chi connectivity index (χ3n) is 6.23. The molecule has 2 amide bonds. The van der Waals surface area contributed by atoms with E-state index in [0.29, 0.717) is 32.9 Å². The molecule has 1 fully saturated rings. The molecule has 0 radical (unpaired) electrons. The number of nitriles is 1. The van der Waals surface area contributed by atoms with Crippen molar-refractivity contribution in [3.63, 3.8) is 0 Å². The second-order valence-electron chi connectivity index (χ2n) is 8.42. The van der Waals surface area contributed by atoms with E-state index in [1.165, 1.54) is 0 Å². The number of amides is 2. The molecule has 1 N–H and O–H groups in total. The lowest BCUT2D eigenvalue weighted by molar-refractivity contribution is -0.125. The molecule has 2 aromatic rings. The van der Waals surface area contributed by atoms with Gasteiger partial charge in [0.25, 0.3) is 0 Å². The number of anilines is 1. The SMILES string of the molecule is CCOc1ccc(C2(CNC(=O)CCC(=O)N(CCC#N)c3ccccc3)CCOCC2)cc1. The fraction of sp³-hybridized carbons (Fsp3) is 0.444. The van der Waals surface area contributed by atoms with Crippen LogP contribution in [0.3, 0.4) is 0 Å². The van der Waals surface area contributed by atoms with Crippen LogP contribution in [0.15, 0.2) is 54.6 Å². The van der Waals surface area contributed by atoms with E-state index < -0.39 is 0 Å². The summed E-state index contributed by atoms with van der Waals surface area (Å²) in [4.78, 5) is 27.1. The van der Waals surface area contributed by atoms with Crippen LogP contribution in [-0.4, -0.2) is 44.7 Å². The molecule has 7 heteroatoms. The molecule has 1 heterocycles. The largest absolute Gasteiger partial charge is 0.494 e. The molecule has 2 aromatic carbocycles. The van der Waals surface area contributed by atoms with Gasteiger partial charge >= 0.3 is 0 Å². The first-order chi connectivity index (χ1) is 16.6. The normalized spacial score (nSPS) is 14.6. The maximum atomic E-state index is 12.8. The third kappa shape index (κ3) is 6.82. The van der Waals surface area contributed by atoms with Gasteiger partial charge in [-0.1, -0.05) is 30.3 Å². The second-order valence-corrected chi connectivity index (χ2v) is 8.42. The predicted molar refractivity (Wildman–Crippen MR) is 131 cm³/mol. The fourth-order valence-electron chi connectivity index (χ4n) is 4.28. The van der Waals surface area contributed by atoms with Gasteiger partial charge in [0.05, 0.1) is 19.1 Å². The van der Waals surface area contributed by atoms with Crippen molar-refractivity contribution in [3.8, 4) is 11.8 Å². The first-order valence-corrected chi connectivity index (χ1v) is 11.9. The van der Waals surface area contributed by atoms with Crippen LogP contribution in [0.5, 0.6) is 5.75 Å². The third-order valence-corrected chi connectivity index (χ3v) is 6.23. The summed E-state index contributed by atoms with van der Waals surface area (Å²) in [5, 5.41) is 12.0. The molecule has 0 saturated carbocycles. The predicted octanol–water partition coefficient (Wildman–Crippen LogP) is 3.98. The zero-order chi connectivity index (χ0) is 24.2. The highest BCUT2D eigenvalue weighted by atomic mass is 16.5. The highest BCUT2D eigenvalue weighted by Gasteiger charge is 2.35. The van der Waals surface area contributed by atoms with Gasteiger partial charge in [-0.05, 0) is 49.6 Å². The summed E-state index contributed by atoms with van der Waals surface area (Å²) in [5.74, 6) is 0.512. The molecule has 180 valence electrons.